The number of rotatable bonds is 11. The summed E-state index contributed by atoms with van der Waals surface area (Å²) in [4.78, 5) is 0. The number of aryl methyl sites for hydroxylation is 1. The summed E-state index contributed by atoms with van der Waals surface area (Å²) < 4.78 is 0. The van der Waals surface area contributed by atoms with E-state index in [1.807, 2.05) is 0 Å². The Morgan fingerprint density at radius 1 is 0.800 bits per heavy atom. The van der Waals surface area contributed by atoms with Crippen molar-refractivity contribution in [1.82, 2.24) is 0 Å². The van der Waals surface area contributed by atoms with Gasteiger partial charge in [-0.1, -0.05) is 94.5 Å². The molecule has 114 valence electrons. The average molecular weight is 295 g/mol. The van der Waals surface area contributed by atoms with E-state index in [-0.39, 0.29) is 5.38 Å². The van der Waals surface area contributed by atoms with E-state index in [0.29, 0.717) is 0 Å². The Bertz CT molecular complexity index is 328. The molecule has 0 radical (unpaired) electrons. The second-order valence-corrected chi connectivity index (χ2v) is 6.52. The molecule has 0 N–H and O–H groups in total. The molecule has 0 bridgehead atoms. The lowest BCUT2D eigenvalue weighted by atomic mass is 10.0. The lowest BCUT2D eigenvalue weighted by molar-refractivity contribution is 0.554. The third kappa shape index (κ3) is 7.94. The fourth-order valence-corrected chi connectivity index (χ4v) is 2.88. The van der Waals surface area contributed by atoms with E-state index < -0.39 is 0 Å². The van der Waals surface area contributed by atoms with Crippen molar-refractivity contribution in [2.45, 2.75) is 83.4 Å². The third-order valence-electron chi connectivity index (χ3n) is 4.00. The highest BCUT2D eigenvalue weighted by atomic mass is 35.5. The van der Waals surface area contributed by atoms with Gasteiger partial charge in [-0.15, -0.1) is 11.6 Å². The zero-order valence-electron chi connectivity index (χ0n) is 13.3. The molecule has 0 fully saturated rings. The third-order valence-corrected chi connectivity index (χ3v) is 4.47. The maximum absolute atomic E-state index is 6.46. The molecule has 1 rings (SSSR count). The van der Waals surface area contributed by atoms with E-state index in [0.717, 1.165) is 6.42 Å². The zero-order valence-corrected chi connectivity index (χ0v) is 14.1. The highest BCUT2D eigenvalue weighted by Gasteiger charge is 2.06. The lowest BCUT2D eigenvalue weighted by Crippen LogP contribution is -1.91. The normalized spacial score (nSPS) is 12.6. The first-order chi connectivity index (χ1) is 9.74. The maximum atomic E-state index is 6.46. The molecule has 0 saturated heterocycles. The number of halogens is 1. The number of hydrogen-bond donors (Lipinski definition) is 0. The zero-order chi connectivity index (χ0) is 14.6. The summed E-state index contributed by atoms with van der Waals surface area (Å²) in [5, 5.41) is 0.195. The van der Waals surface area contributed by atoms with Gasteiger partial charge in [0, 0.05) is 0 Å². The van der Waals surface area contributed by atoms with Gasteiger partial charge in [0.05, 0.1) is 5.38 Å². The second-order valence-electron chi connectivity index (χ2n) is 6.00. The Morgan fingerprint density at radius 3 is 1.85 bits per heavy atom. The molecule has 0 saturated carbocycles. The topological polar surface area (TPSA) is 0 Å². The summed E-state index contributed by atoms with van der Waals surface area (Å²) in [6.45, 7) is 4.39. The van der Waals surface area contributed by atoms with E-state index in [9.17, 15) is 0 Å². The van der Waals surface area contributed by atoms with Gasteiger partial charge in [0.25, 0.3) is 0 Å². The standard InChI is InChI=1S/C19H31Cl/c1-3-4-5-6-7-8-9-10-11-12-19(20)18-15-13-17(2)14-16-18/h13-16,19H,3-12H2,1-2H3. The Hall–Kier alpha value is -0.490. The van der Waals surface area contributed by atoms with Crippen LogP contribution in [0.3, 0.4) is 0 Å². The minimum absolute atomic E-state index is 0.195. The van der Waals surface area contributed by atoms with Gasteiger partial charge in [0.1, 0.15) is 0 Å². The summed E-state index contributed by atoms with van der Waals surface area (Å²) in [5.41, 5.74) is 2.58. The van der Waals surface area contributed by atoms with Crippen LogP contribution in [-0.4, -0.2) is 0 Å². The predicted octanol–water partition coefficient (Wildman–Crippen LogP) is 7.20. The summed E-state index contributed by atoms with van der Waals surface area (Å²) in [6.07, 6.45) is 13.5. The molecule has 0 aromatic heterocycles. The first kappa shape index (κ1) is 17.6. The van der Waals surface area contributed by atoms with E-state index in [1.54, 1.807) is 0 Å². The van der Waals surface area contributed by atoms with Crippen molar-refractivity contribution in [2.75, 3.05) is 0 Å². The summed E-state index contributed by atoms with van der Waals surface area (Å²) in [7, 11) is 0. The van der Waals surface area contributed by atoms with E-state index in [1.165, 1.54) is 68.9 Å². The molecular weight excluding hydrogens is 264 g/mol. The Morgan fingerprint density at radius 2 is 1.30 bits per heavy atom. The van der Waals surface area contributed by atoms with Gasteiger partial charge in [-0.25, -0.2) is 0 Å². The fraction of sp³-hybridized carbons (Fsp3) is 0.684. The number of unbranched alkanes of at least 4 members (excludes halogenated alkanes) is 8. The van der Waals surface area contributed by atoms with Crippen LogP contribution in [0.15, 0.2) is 24.3 Å². The Kier molecular flexibility index (Phi) is 9.83. The van der Waals surface area contributed by atoms with Gasteiger partial charge in [0.15, 0.2) is 0 Å². The van der Waals surface area contributed by atoms with Gasteiger partial charge in [0.2, 0.25) is 0 Å². The van der Waals surface area contributed by atoms with Gasteiger partial charge < -0.3 is 0 Å². The van der Waals surface area contributed by atoms with Crippen LogP contribution in [0.4, 0.5) is 0 Å². The van der Waals surface area contributed by atoms with Crippen molar-refractivity contribution < 1.29 is 0 Å². The van der Waals surface area contributed by atoms with Crippen LogP contribution in [-0.2, 0) is 0 Å². The van der Waals surface area contributed by atoms with E-state index in [2.05, 4.69) is 38.1 Å². The molecule has 0 heterocycles. The molecule has 0 aliphatic rings. The van der Waals surface area contributed by atoms with Gasteiger partial charge >= 0.3 is 0 Å². The SMILES string of the molecule is CCCCCCCCCCCC(Cl)c1ccc(C)cc1. The van der Waals surface area contributed by atoms with Crippen molar-refractivity contribution in [1.29, 1.82) is 0 Å². The van der Waals surface area contributed by atoms with Crippen LogP contribution in [0.1, 0.15) is 87.6 Å². The highest BCUT2D eigenvalue weighted by Crippen LogP contribution is 2.27. The maximum Gasteiger partial charge on any atom is 0.0585 e. The number of alkyl halides is 1. The van der Waals surface area contributed by atoms with Crippen LogP contribution < -0.4 is 0 Å². The van der Waals surface area contributed by atoms with Crippen molar-refractivity contribution in [3.63, 3.8) is 0 Å². The molecule has 1 heteroatoms. The molecular formula is C19H31Cl. The molecule has 0 spiro atoms. The minimum atomic E-state index is 0.195. The van der Waals surface area contributed by atoms with Gasteiger partial charge in [-0.3, -0.25) is 0 Å². The summed E-state index contributed by atoms with van der Waals surface area (Å²) >= 11 is 6.46. The van der Waals surface area contributed by atoms with Gasteiger partial charge in [-0.05, 0) is 18.9 Å². The van der Waals surface area contributed by atoms with Crippen molar-refractivity contribution >= 4 is 11.6 Å². The quantitative estimate of drug-likeness (QED) is 0.299. The molecule has 0 aliphatic carbocycles. The summed E-state index contributed by atoms with van der Waals surface area (Å²) in [6, 6.07) is 8.64. The van der Waals surface area contributed by atoms with E-state index >= 15 is 0 Å². The second kappa shape index (κ2) is 11.2. The highest BCUT2D eigenvalue weighted by molar-refractivity contribution is 6.20. The van der Waals surface area contributed by atoms with Crippen LogP contribution in [0.2, 0.25) is 0 Å². The monoisotopic (exact) mass is 294 g/mol. The molecule has 1 aromatic rings. The minimum Gasteiger partial charge on any atom is -0.118 e. The van der Waals surface area contributed by atoms with Crippen molar-refractivity contribution in [2.24, 2.45) is 0 Å². The first-order valence-corrected chi connectivity index (χ1v) is 8.88. The molecule has 1 aromatic carbocycles. The Balaban J connectivity index is 1.99. The number of benzene rings is 1. The number of hydrogen-bond acceptors (Lipinski definition) is 0. The molecule has 1 atom stereocenters. The molecule has 0 aliphatic heterocycles. The van der Waals surface area contributed by atoms with E-state index in [4.69, 9.17) is 11.6 Å². The molecule has 0 amide bonds. The van der Waals surface area contributed by atoms with Crippen molar-refractivity contribution in [3.05, 3.63) is 35.4 Å². The van der Waals surface area contributed by atoms with Crippen LogP contribution in [0.5, 0.6) is 0 Å². The lowest BCUT2D eigenvalue weighted by Gasteiger charge is -2.10. The van der Waals surface area contributed by atoms with Crippen LogP contribution in [0.25, 0.3) is 0 Å². The smallest absolute Gasteiger partial charge is 0.0585 e. The van der Waals surface area contributed by atoms with Crippen LogP contribution >= 0.6 is 11.6 Å². The first-order valence-electron chi connectivity index (χ1n) is 8.44. The summed E-state index contributed by atoms with van der Waals surface area (Å²) in [5.74, 6) is 0. The predicted molar refractivity (Wildman–Crippen MR) is 91.6 cm³/mol. The average Bonchev–Trinajstić information content (AvgIpc) is 2.46. The Labute approximate surface area is 130 Å². The van der Waals surface area contributed by atoms with Crippen molar-refractivity contribution in [3.8, 4) is 0 Å². The molecule has 20 heavy (non-hydrogen) atoms. The fourth-order valence-electron chi connectivity index (χ4n) is 2.58. The largest absolute Gasteiger partial charge is 0.118 e. The van der Waals surface area contributed by atoms with Crippen LogP contribution in [0, 0.1) is 6.92 Å². The molecule has 0 nitrogen and oxygen atoms in total. The van der Waals surface area contributed by atoms with Gasteiger partial charge in [-0.2, -0.15) is 0 Å². The molecule has 1 unspecified atom stereocenters.